The molecule has 0 saturated carbocycles. The van der Waals surface area contributed by atoms with Crippen LogP contribution in [-0.4, -0.2) is 51.8 Å². The fourth-order valence-corrected chi connectivity index (χ4v) is 6.05. The quantitative estimate of drug-likeness (QED) is 0.139. The molecule has 7 rings (SSSR count). The smallest absolute Gasteiger partial charge is 0.463 e. The van der Waals surface area contributed by atoms with Crippen LogP contribution in [-0.2, 0) is 16.1 Å². The molecule has 12 nitrogen and oxygen atoms in total. The minimum atomic E-state index is -5.14. The van der Waals surface area contributed by atoms with Crippen molar-refractivity contribution in [3.8, 4) is 39.6 Å². The van der Waals surface area contributed by atoms with Gasteiger partial charge in [-0.05, 0) is 83.8 Å². The summed E-state index contributed by atoms with van der Waals surface area (Å²) in [6, 6.07) is 20.3. The van der Waals surface area contributed by atoms with Crippen molar-refractivity contribution in [3.63, 3.8) is 0 Å². The molecule has 2 aliphatic heterocycles. The number of ether oxygens (including phenoxy) is 1. The lowest BCUT2D eigenvalue weighted by atomic mass is 9.99. The van der Waals surface area contributed by atoms with Gasteiger partial charge in [0.1, 0.15) is 17.5 Å². The highest BCUT2D eigenvalue weighted by molar-refractivity contribution is 6.23. The van der Waals surface area contributed by atoms with Crippen molar-refractivity contribution in [2.45, 2.75) is 31.8 Å². The molecule has 2 aliphatic rings. The minimum Gasteiger partial charge on any atom is -0.463 e. The van der Waals surface area contributed by atoms with Gasteiger partial charge in [-0.1, -0.05) is 24.3 Å². The average molecular weight is 710 g/mol. The fourth-order valence-electron chi connectivity index (χ4n) is 6.05. The number of aromatic nitrogens is 1. The number of hydrogen-bond acceptors (Lipinski definition) is 9. The van der Waals surface area contributed by atoms with Crippen LogP contribution in [0.3, 0.4) is 0 Å². The van der Waals surface area contributed by atoms with E-state index in [4.69, 9.17) is 10.2 Å². The Hall–Kier alpha value is -6.77. The summed E-state index contributed by atoms with van der Waals surface area (Å²) in [6.45, 7) is -0.235. The number of amides is 5. The summed E-state index contributed by atoms with van der Waals surface area (Å²) in [7, 11) is 0. The number of carbonyl (C=O) groups is 5. The molecule has 1 saturated heterocycles. The van der Waals surface area contributed by atoms with Crippen molar-refractivity contribution in [2.24, 2.45) is 0 Å². The number of fused-ring (bicyclic) bond motifs is 1. The van der Waals surface area contributed by atoms with Gasteiger partial charge in [0.05, 0.1) is 28.6 Å². The minimum absolute atomic E-state index is 0.0171. The Labute approximate surface area is 292 Å². The molecule has 1 atom stereocenters. The zero-order valence-corrected chi connectivity index (χ0v) is 26.8. The van der Waals surface area contributed by atoms with Crippen molar-refractivity contribution in [3.05, 3.63) is 113 Å². The van der Waals surface area contributed by atoms with E-state index in [9.17, 15) is 37.1 Å². The van der Waals surface area contributed by atoms with Gasteiger partial charge in [-0.2, -0.15) is 0 Å². The fraction of sp³-hybridized carbons (Fsp3) is 0.135. The molecule has 52 heavy (non-hydrogen) atoms. The van der Waals surface area contributed by atoms with Crippen molar-refractivity contribution >= 4 is 35.2 Å². The van der Waals surface area contributed by atoms with Crippen LogP contribution in [0.1, 0.15) is 49.5 Å². The summed E-state index contributed by atoms with van der Waals surface area (Å²) in [5.41, 5.74) is 8.64. The zero-order valence-electron chi connectivity index (χ0n) is 26.8. The van der Waals surface area contributed by atoms with Crippen molar-refractivity contribution in [1.29, 1.82) is 0 Å². The SMILES string of the molecule is Nc1ccc(-c2cc(-c3ccc(C(=O)NCc4ccc5c(c4)C(=O)N(C4CCC(=O)NC4=O)C5=O)c(OC(F)(F)F)c3)cc(-c3ccco3)n2)cc1. The van der Waals surface area contributed by atoms with Crippen LogP contribution in [0, 0.1) is 0 Å². The summed E-state index contributed by atoms with van der Waals surface area (Å²) in [5.74, 6) is -3.97. The monoisotopic (exact) mass is 709 g/mol. The van der Waals surface area contributed by atoms with Gasteiger partial charge in [-0.15, -0.1) is 13.2 Å². The Balaban J connectivity index is 1.15. The highest BCUT2D eigenvalue weighted by Gasteiger charge is 2.44. The van der Waals surface area contributed by atoms with E-state index in [1.807, 2.05) is 0 Å². The van der Waals surface area contributed by atoms with Crippen LogP contribution < -0.4 is 21.1 Å². The largest absolute Gasteiger partial charge is 0.573 e. The van der Waals surface area contributed by atoms with E-state index in [1.54, 1.807) is 48.5 Å². The number of carbonyl (C=O) groups excluding carboxylic acids is 5. The first-order chi connectivity index (χ1) is 24.8. The summed E-state index contributed by atoms with van der Waals surface area (Å²) in [4.78, 5) is 68.9. The summed E-state index contributed by atoms with van der Waals surface area (Å²) >= 11 is 0. The average Bonchev–Trinajstić information content (AvgIpc) is 3.74. The Morgan fingerprint density at radius 1 is 0.904 bits per heavy atom. The van der Waals surface area contributed by atoms with Crippen LogP contribution >= 0.6 is 0 Å². The zero-order chi connectivity index (χ0) is 36.7. The summed E-state index contributed by atoms with van der Waals surface area (Å²) in [6.07, 6.45) is -3.73. The van der Waals surface area contributed by atoms with Gasteiger partial charge in [0.2, 0.25) is 11.8 Å². The number of benzene rings is 3. The van der Waals surface area contributed by atoms with Crippen LogP contribution in [0.4, 0.5) is 18.9 Å². The molecule has 0 bridgehead atoms. The van der Waals surface area contributed by atoms with E-state index in [-0.39, 0.29) is 36.1 Å². The first-order valence-electron chi connectivity index (χ1n) is 15.8. The van der Waals surface area contributed by atoms with Gasteiger partial charge < -0.3 is 20.2 Å². The maximum Gasteiger partial charge on any atom is 0.573 e. The molecule has 1 unspecified atom stereocenters. The topological polar surface area (TPSA) is 174 Å². The lowest BCUT2D eigenvalue weighted by Gasteiger charge is -2.27. The molecule has 0 radical (unpaired) electrons. The Kier molecular flexibility index (Phi) is 8.54. The Morgan fingerprint density at radius 2 is 1.63 bits per heavy atom. The highest BCUT2D eigenvalue weighted by Crippen LogP contribution is 2.35. The number of furan rings is 1. The number of hydrogen-bond donors (Lipinski definition) is 3. The number of pyridine rings is 1. The van der Waals surface area contributed by atoms with E-state index >= 15 is 0 Å². The number of piperidine rings is 1. The number of nitrogen functional groups attached to an aromatic ring is 1. The number of imide groups is 2. The maximum atomic E-state index is 13.7. The molecule has 4 heterocycles. The molecular weight excluding hydrogens is 683 g/mol. The van der Waals surface area contributed by atoms with Gasteiger partial charge in [-0.25, -0.2) is 4.98 Å². The molecule has 5 amide bonds. The summed E-state index contributed by atoms with van der Waals surface area (Å²) < 4.78 is 50.8. The lowest BCUT2D eigenvalue weighted by molar-refractivity contribution is -0.274. The van der Waals surface area contributed by atoms with E-state index in [0.29, 0.717) is 39.5 Å². The van der Waals surface area contributed by atoms with Gasteiger partial charge >= 0.3 is 6.36 Å². The molecule has 1 fully saturated rings. The number of nitrogens with zero attached hydrogens (tertiary/aromatic N) is 2. The van der Waals surface area contributed by atoms with Gasteiger partial charge in [0.15, 0.2) is 5.76 Å². The van der Waals surface area contributed by atoms with Crippen LogP contribution in [0.2, 0.25) is 0 Å². The van der Waals surface area contributed by atoms with Crippen LogP contribution in [0.25, 0.3) is 33.8 Å². The molecule has 0 aliphatic carbocycles. The predicted octanol–water partition coefficient (Wildman–Crippen LogP) is 5.49. The second-order valence-corrected chi connectivity index (χ2v) is 12.0. The first kappa shape index (κ1) is 33.7. The standard InChI is InChI=1S/C37H26F3N5O7/c38-37(39,40)52-31-17-21(22-15-27(20-4-7-23(41)8-5-20)43-28(16-22)30-2-1-13-51-30)6-10-25(31)33(47)42-18-19-3-9-24-26(14-19)36(50)45(35(24)49)29-11-12-32(46)44-34(29)48/h1-10,13-17,29H,11-12,18,41H2,(H,42,47)(H,44,46,48). The molecule has 262 valence electrons. The van der Waals surface area contributed by atoms with Crippen LogP contribution in [0.15, 0.2) is 95.6 Å². The first-order valence-corrected chi connectivity index (χ1v) is 15.8. The number of nitrogens with one attached hydrogen (secondary N) is 2. The van der Waals surface area contributed by atoms with Crippen molar-refractivity contribution in [1.82, 2.24) is 20.5 Å². The number of nitrogens with two attached hydrogens (primary N) is 1. The second-order valence-electron chi connectivity index (χ2n) is 12.0. The van der Waals surface area contributed by atoms with Crippen LogP contribution in [0.5, 0.6) is 5.75 Å². The highest BCUT2D eigenvalue weighted by atomic mass is 19.4. The number of halogens is 3. The Bertz CT molecular complexity index is 2270. The molecule has 0 spiro atoms. The molecule has 4 N–H and O–H groups in total. The van der Waals surface area contributed by atoms with Crippen molar-refractivity contribution in [2.75, 3.05) is 5.73 Å². The lowest BCUT2D eigenvalue weighted by Crippen LogP contribution is -2.54. The number of anilines is 1. The third kappa shape index (κ3) is 6.70. The van der Waals surface area contributed by atoms with Crippen molar-refractivity contribution < 1.29 is 46.3 Å². The summed E-state index contributed by atoms with van der Waals surface area (Å²) in [5, 5.41) is 4.66. The molecule has 2 aromatic heterocycles. The normalized spacial score (nSPS) is 15.8. The van der Waals surface area contributed by atoms with E-state index in [0.717, 1.165) is 11.0 Å². The Morgan fingerprint density at radius 3 is 2.35 bits per heavy atom. The second kappa shape index (κ2) is 13.2. The third-order valence-corrected chi connectivity index (χ3v) is 8.55. The van der Waals surface area contributed by atoms with E-state index < -0.39 is 53.3 Å². The van der Waals surface area contributed by atoms with E-state index in [1.165, 1.54) is 36.6 Å². The third-order valence-electron chi connectivity index (χ3n) is 8.55. The number of rotatable bonds is 8. The predicted molar refractivity (Wildman–Crippen MR) is 178 cm³/mol. The van der Waals surface area contributed by atoms with Gasteiger partial charge in [0, 0.05) is 24.2 Å². The molecule has 5 aromatic rings. The van der Waals surface area contributed by atoms with Gasteiger partial charge in [0.25, 0.3) is 17.7 Å². The molecule has 3 aromatic carbocycles. The molecular formula is C37H26F3N5O7. The van der Waals surface area contributed by atoms with E-state index in [2.05, 4.69) is 20.4 Å². The number of alkyl halides is 3. The maximum absolute atomic E-state index is 13.7. The molecule has 15 heteroatoms. The van der Waals surface area contributed by atoms with Gasteiger partial charge in [-0.3, -0.25) is 34.2 Å².